The monoisotopic (exact) mass is 311 g/mol. The molecule has 3 aromatic rings. The lowest BCUT2D eigenvalue weighted by atomic mass is 10.0. The van der Waals surface area contributed by atoms with Crippen molar-refractivity contribution in [2.75, 3.05) is 6.79 Å². The average molecular weight is 312 g/mol. The molecule has 0 saturated heterocycles. The fourth-order valence-electron chi connectivity index (χ4n) is 2.51. The molecule has 0 amide bonds. The van der Waals surface area contributed by atoms with Gasteiger partial charge in [-0.15, -0.1) is 0 Å². The molecule has 0 atom stereocenters. The van der Waals surface area contributed by atoms with Crippen LogP contribution in [0, 0.1) is 0 Å². The van der Waals surface area contributed by atoms with E-state index in [-0.39, 0.29) is 12.6 Å². The van der Waals surface area contributed by atoms with E-state index >= 15 is 0 Å². The Balaban J connectivity index is 1.90. The van der Waals surface area contributed by atoms with E-state index in [2.05, 4.69) is 4.98 Å². The van der Waals surface area contributed by atoms with Gasteiger partial charge in [0.2, 0.25) is 12.6 Å². The number of carbonyl (C=O) groups is 1. The highest BCUT2D eigenvalue weighted by molar-refractivity contribution is 6.31. The molecule has 0 unspecified atom stereocenters. The first kappa shape index (κ1) is 13.1. The van der Waals surface area contributed by atoms with Crippen molar-refractivity contribution < 1.29 is 14.3 Å². The number of fused-ring (bicyclic) bond motifs is 2. The minimum Gasteiger partial charge on any atom is -0.454 e. The molecule has 0 saturated carbocycles. The second kappa shape index (κ2) is 5.00. The zero-order valence-electron chi connectivity index (χ0n) is 11.4. The van der Waals surface area contributed by atoms with E-state index in [9.17, 15) is 4.79 Å². The van der Waals surface area contributed by atoms with Crippen molar-refractivity contribution >= 4 is 28.2 Å². The van der Waals surface area contributed by atoms with Gasteiger partial charge in [0.15, 0.2) is 11.5 Å². The van der Waals surface area contributed by atoms with Crippen LogP contribution in [0.5, 0.6) is 11.5 Å². The Morgan fingerprint density at radius 1 is 1.09 bits per heavy atom. The summed E-state index contributed by atoms with van der Waals surface area (Å²) in [7, 11) is 0. The van der Waals surface area contributed by atoms with Crippen molar-refractivity contribution in [3.8, 4) is 11.5 Å². The summed E-state index contributed by atoms with van der Waals surface area (Å²) in [6, 6.07) is 12.3. The topological polar surface area (TPSA) is 48.4 Å². The highest BCUT2D eigenvalue weighted by Gasteiger charge is 2.19. The molecule has 1 aliphatic rings. The normalized spacial score (nSPS) is 12.6. The number of aromatic nitrogens is 1. The molecule has 22 heavy (non-hydrogen) atoms. The number of ketones is 1. The van der Waals surface area contributed by atoms with Crippen LogP contribution < -0.4 is 9.47 Å². The van der Waals surface area contributed by atoms with Gasteiger partial charge in [0, 0.05) is 22.2 Å². The molecule has 0 fully saturated rings. The Bertz CT molecular complexity index is 908. The molecular weight excluding hydrogens is 302 g/mol. The van der Waals surface area contributed by atoms with Crippen LogP contribution in [0.25, 0.3) is 10.8 Å². The summed E-state index contributed by atoms with van der Waals surface area (Å²) >= 11 is 5.96. The number of nitrogens with zero attached hydrogens (tertiary/aromatic N) is 1. The molecule has 2 heterocycles. The van der Waals surface area contributed by atoms with Gasteiger partial charge in [-0.2, -0.15) is 0 Å². The van der Waals surface area contributed by atoms with Gasteiger partial charge in [0.1, 0.15) is 5.69 Å². The molecule has 0 spiro atoms. The summed E-state index contributed by atoms with van der Waals surface area (Å²) in [4.78, 5) is 17.0. The van der Waals surface area contributed by atoms with Crippen LogP contribution in [0.4, 0.5) is 0 Å². The van der Waals surface area contributed by atoms with Crippen LogP contribution in [0.3, 0.4) is 0 Å². The highest BCUT2D eigenvalue weighted by Crippen LogP contribution is 2.37. The lowest BCUT2D eigenvalue weighted by Crippen LogP contribution is -2.04. The fourth-order valence-corrected chi connectivity index (χ4v) is 2.70. The summed E-state index contributed by atoms with van der Waals surface area (Å²) < 4.78 is 10.7. The van der Waals surface area contributed by atoms with Gasteiger partial charge in [-0.25, -0.2) is 0 Å². The first-order valence-corrected chi connectivity index (χ1v) is 7.09. The van der Waals surface area contributed by atoms with Gasteiger partial charge in [-0.3, -0.25) is 9.78 Å². The number of benzene rings is 2. The number of pyridine rings is 1. The van der Waals surface area contributed by atoms with Crippen LogP contribution in [0.15, 0.2) is 48.7 Å². The number of halogens is 1. The second-order valence-electron chi connectivity index (χ2n) is 4.93. The first-order chi connectivity index (χ1) is 10.7. The van der Waals surface area contributed by atoms with Gasteiger partial charge >= 0.3 is 0 Å². The standard InChI is InChI=1S/C17H10ClNO3/c18-12-3-1-2-11(6-12)17(20)16-13-8-15-14(21-9-22-15)7-10(13)4-5-19-16/h1-8H,9H2. The number of hydrogen-bond acceptors (Lipinski definition) is 4. The van der Waals surface area contributed by atoms with Gasteiger partial charge in [0.25, 0.3) is 0 Å². The predicted molar refractivity (Wildman–Crippen MR) is 82.8 cm³/mol. The van der Waals surface area contributed by atoms with Crippen LogP contribution in [0.1, 0.15) is 16.1 Å². The maximum atomic E-state index is 12.7. The summed E-state index contributed by atoms with van der Waals surface area (Å²) in [5, 5.41) is 2.13. The Morgan fingerprint density at radius 2 is 1.91 bits per heavy atom. The number of carbonyl (C=O) groups excluding carboxylic acids is 1. The Morgan fingerprint density at radius 3 is 2.73 bits per heavy atom. The van der Waals surface area contributed by atoms with Crippen molar-refractivity contribution in [2.24, 2.45) is 0 Å². The third-order valence-corrected chi connectivity index (χ3v) is 3.79. The molecule has 2 aromatic carbocycles. The van der Waals surface area contributed by atoms with Crippen molar-refractivity contribution in [3.63, 3.8) is 0 Å². The number of hydrogen-bond donors (Lipinski definition) is 0. The van der Waals surface area contributed by atoms with E-state index in [1.54, 1.807) is 36.5 Å². The second-order valence-corrected chi connectivity index (χ2v) is 5.36. The van der Waals surface area contributed by atoms with Crippen molar-refractivity contribution in [1.29, 1.82) is 0 Å². The molecule has 108 valence electrons. The molecule has 0 N–H and O–H groups in total. The van der Waals surface area contributed by atoms with E-state index < -0.39 is 0 Å². The van der Waals surface area contributed by atoms with Crippen LogP contribution in [0.2, 0.25) is 5.02 Å². The molecule has 1 aromatic heterocycles. The summed E-state index contributed by atoms with van der Waals surface area (Å²) in [6.07, 6.45) is 1.61. The Hall–Kier alpha value is -2.59. The lowest BCUT2D eigenvalue weighted by Gasteiger charge is -2.06. The van der Waals surface area contributed by atoms with E-state index in [1.807, 2.05) is 12.1 Å². The first-order valence-electron chi connectivity index (χ1n) is 6.71. The van der Waals surface area contributed by atoms with Gasteiger partial charge in [-0.1, -0.05) is 23.7 Å². The van der Waals surface area contributed by atoms with Gasteiger partial charge < -0.3 is 9.47 Å². The summed E-state index contributed by atoms with van der Waals surface area (Å²) in [6.45, 7) is 0.191. The smallest absolute Gasteiger partial charge is 0.231 e. The van der Waals surface area contributed by atoms with Crippen molar-refractivity contribution in [1.82, 2.24) is 4.98 Å². The largest absolute Gasteiger partial charge is 0.454 e. The maximum absolute atomic E-state index is 12.7. The lowest BCUT2D eigenvalue weighted by molar-refractivity contribution is 0.103. The minimum atomic E-state index is -0.174. The third kappa shape index (κ3) is 2.09. The molecule has 4 nitrogen and oxygen atoms in total. The van der Waals surface area contributed by atoms with Gasteiger partial charge in [0.05, 0.1) is 0 Å². The van der Waals surface area contributed by atoms with E-state index in [0.29, 0.717) is 27.8 Å². The molecule has 5 heteroatoms. The van der Waals surface area contributed by atoms with Crippen LogP contribution >= 0.6 is 11.6 Å². The zero-order chi connectivity index (χ0) is 15.1. The van der Waals surface area contributed by atoms with Crippen LogP contribution in [-0.4, -0.2) is 17.6 Å². The number of rotatable bonds is 2. The maximum Gasteiger partial charge on any atom is 0.231 e. The molecule has 0 bridgehead atoms. The van der Waals surface area contributed by atoms with Crippen molar-refractivity contribution in [2.45, 2.75) is 0 Å². The third-order valence-electron chi connectivity index (χ3n) is 3.56. The Kier molecular flexibility index (Phi) is 2.98. The SMILES string of the molecule is O=C(c1cccc(Cl)c1)c1nccc2cc3c(cc12)OCO3. The van der Waals surface area contributed by atoms with Crippen molar-refractivity contribution in [3.05, 3.63) is 64.9 Å². The quantitative estimate of drug-likeness (QED) is 0.675. The van der Waals surface area contributed by atoms with E-state index in [4.69, 9.17) is 21.1 Å². The number of ether oxygens (including phenoxy) is 2. The van der Waals surface area contributed by atoms with E-state index in [0.717, 1.165) is 10.8 Å². The molecular formula is C17H10ClNO3. The Labute approximate surface area is 131 Å². The predicted octanol–water partition coefficient (Wildman–Crippen LogP) is 3.85. The molecule has 0 aliphatic carbocycles. The van der Waals surface area contributed by atoms with Gasteiger partial charge in [-0.05, 0) is 35.7 Å². The van der Waals surface area contributed by atoms with Crippen LogP contribution in [-0.2, 0) is 0 Å². The minimum absolute atomic E-state index is 0.174. The van der Waals surface area contributed by atoms with E-state index in [1.165, 1.54) is 0 Å². The average Bonchev–Trinajstić information content (AvgIpc) is 2.98. The highest BCUT2D eigenvalue weighted by atomic mass is 35.5. The fraction of sp³-hybridized carbons (Fsp3) is 0.0588. The summed E-state index contributed by atoms with van der Waals surface area (Å²) in [5.74, 6) is 1.13. The molecule has 4 rings (SSSR count). The summed E-state index contributed by atoms with van der Waals surface area (Å²) in [5.41, 5.74) is 0.878. The molecule has 0 radical (unpaired) electrons. The molecule has 1 aliphatic heterocycles. The zero-order valence-corrected chi connectivity index (χ0v) is 12.1.